The molecular weight excluding hydrogens is 572 g/mol. The van der Waals surface area contributed by atoms with Gasteiger partial charge in [-0.3, -0.25) is 4.79 Å². The summed E-state index contributed by atoms with van der Waals surface area (Å²) in [5.41, 5.74) is -2.39. The zero-order chi connectivity index (χ0) is 31.6. The molecular formula is C33H44O11. The molecule has 242 valence electrons. The predicted octanol–water partition coefficient (Wildman–Crippen LogP) is 2.82. The summed E-state index contributed by atoms with van der Waals surface area (Å²) in [4.78, 5) is 26.2. The molecule has 11 heteroatoms. The Bertz CT molecular complexity index is 1360. The summed E-state index contributed by atoms with van der Waals surface area (Å²) < 4.78 is 36.2. The Morgan fingerprint density at radius 2 is 1.80 bits per heavy atom. The number of esters is 2. The fourth-order valence-electron chi connectivity index (χ4n) is 10.6. The third-order valence-electron chi connectivity index (χ3n) is 12.7. The Labute approximate surface area is 256 Å². The van der Waals surface area contributed by atoms with Crippen molar-refractivity contribution in [1.29, 1.82) is 0 Å². The summed E-state index contributed by atoms with van der Waals surface area (Å²) in [7, 11) is 0. The van der Waals surface area contributed by atoms with Crippen LogP contribution in [0.3, 0.4) is 0 Å². The molecule has 0 aromatic carbocycles. The number of furan rings is 1. The lowest BCUT2D eigenvalue weighted by molar-refractivity contribution is -0.298. The minimum absolute atomic E-state index is 0.0305. The van der Waals surface area contributed by atoms with Gasteiger partial charge < -0.3 is 43.4 Å². The van der Waals surface area contributed by atoms with E-state index in [1.165, 1.54) is 6.92 Å². The quantitative estimate of drug-likeness (QED) is 0.260. The molecule has 3 unspecified atom stereocenters. The molecule has 1 aromatic rings. The molecule has 44 heavy (non-hydrogen) atoms. The van der Waals surface area contributed by atoms with E-state index in [1.807, 2.05) is 12.1 Å². The summed E-state index contributed by atoms with van der Waals surface area (Å²) in [6, 6.07) is 1.83. The van der Waals surface area contributed by atoms with Crippen LogP contribution in [0.4, 0.5) is 0 Å². The van der Waals surface area contributed by atoms with E-state index in [9.17, 15) is 24.9 Å². The molecule has 0 amide bonds. The second kappa shape index (κ2) is 9.62. The number of hydrogen-bond donors (Lipinski definition) is 3. The molecule has 7 rings (SSSR count). The van der Waals surface area contributed by atoms with Crippen molar-refractivity contribution in [3.8, 4) is 0 Å². The van der Waals surface area contributed by atoms with Gasteiger partial charge in [0.05, 0.1) is 25.2 Å². The van der Waals surface area contributed by atoms with Crippen LogP contribution >= 0.6 is 0 Å². The fourth-order valence-corrected chi connectivity index (χ4v) is 10.6. The average molecular weight is 617 g/mol. The first-order valence-corrected chi connectivity index (χ1v) is 15.7. The Morgan fingerprint density at radius 3 is 2.48 bits per heavy atom. The number of carbonyl (C=O) groups excluding carboxylic acids is 2. The SMILES string of the molecule is CC(=O)O[C@@H]1CC2C(C)(C)C(O[C@H]3OC[C@H](O)[C@H](O)[C@H]3O)C=C[C@]2(C)C2CC[C@@]3(C)[C@H](c4ccoc4)OC(=O)[C@H]4O[C@]43[C@@]21C. The van der Waals surface area contributed by atoms with Crippen molar-refractivity contribution in [3.63, 3.8) is 0 Å². The molecule has 11 nitrogen and oxygen atoms in total. The highest BCUT2D eigenvalue weighted by atomic mass is 16.7. The van der Waals surface area contributed by atoms with Gasteiger partial charge in [-0.05, 0) is 48.0 Å². The maximum Gasteiger partial charge on any atom is 0.339 e. The molecule has 1 spiro atoms. The smallest absolute Gasteiger partial charge is 0.339 e. The summed E-state index contributed by atoms with van der Waals surface area (Å²) in [5, 5.41) is 30.8. The molecule has 14 atom stereocenters. The van der Waals surface area contributed by atoms with Crippen molar-refractivity contribution >= 4 is 11.9 Å². The van der Waals surface area contributed by atoms with E-state index >= 15 is 0 Å². The van der Waals surface area contributed by atoms with Crippen molar-refractivity contribution in [2.24, 2.45) is 33.5 Å². The van der Waals surface area contributed by atoms with Gasteiger partial charge in [-0.15, -0.1) is 0 Å². The first kappa shape index (κ1) is 30.4. The van der Waals surface area contributed by atoms with Gasteiger partial charge in [0.1, 0.15) is 36.1 Å². The molecule has 6 aliphatic rings. The number of rotatable bonds is 4. The number of hydrogen-bond acceptors (Lipinski definition) is 11. The van der Waals surface area contributed by atoms with Crippen LogP contribution in [0, 0.1) is 33.5 Å². The first-order chi connectivity index (χ1) is 20.6. The summed E-state index contributed by atoms with van der Waals surface area (Å²) >= 11 is 0. The van der Waals surface area contributed by atoms with Crippen molar-refractivity contribution in [2.45, 2.75) is 115 Å². The van der Waals surface area contributed by atoms with E-state index in [4.69, 9.17) is 28.1 Å². The highest BCUT2D eigenvalue weighted by molar-refractivity contribution is 5.82. The van der Waals surface area contributed by atoms with Crippen molar-refractivity contribution in [3.05, 3.63) is 36.3 Å². The van der Waals surface area contributed by atoms with Gasteiger partial charge in [-0.25, -0.2) is 4.79 Å². The lowest BCUT2D eigenvalue weighted by Gasteiger charge is -2.69. The predicted molar refractivity (Wildman–Crippen MR) is 151 cm³/mol. The van der Waals surface area contributed by atoms with Gasteiger partial charge in [0.2, 0.25) is 0 Å². The van der Waals surface area contributed by atoms with Gasteiger partial charge in [0.25, 0.3) is 0 Å². The maximum absolute atomic E-state index is 13.5. The minimum atomic E-state index is -1.41. The number of ether oxygens (including phenoxy) is 5. The molecule has 3 N–H and O–H groups in total. The number of aliphatic hydroxyl groups excluding tert-OH is 3. The maximum atomic E-state index is 13.5. The fraction of sp³-hybridized carbons (Fsp3) is 0.758. The largest absolute Gasteiger partial charge is 0.472 e. The number of epoxide rings is 1. The molecule has 3 aliphatic heterocycles. The zero-order valence-corrected chi connectivity index (χ0v) is 26.1. The van der Waals surface area contributed by atoms with Crippen LogP contribution in [0.25, 0.3) is 0 Å². The Kier molecular flexibility index (Phi) is 6.64. The van der Waals surface area contributed by atoms with Crippen LogP contribution in [0.15, 0.2) is 35.2 Å². The summed E-state index contributed by atoms with van der Waals surface area (Å²) in [6.45, 7) is 12.0. The molecule has 4 heterocycles. The Morgan fingerprint density at radius 1 is 1.05 bits per heavy atom. The highest BCUT2D eigenvalue weighted by Crippen LogP contribution is 2.80. The number of aliphatic hydroxyl groups is 3. The average Bonchev–Trinajstić information content (AvgIpc) is 3.53. The third-order valence-corrected chi connectivity index (χ3v) is 12.7. The van der Waals surface area contributed by atoms with Gasteiger partial charge >= 0.3 is 11.9 Å². The van der Waals surface area contributed by atoms with E-state index in [2.05, 4.69) is 40.7 Å². The molecule has 0 radical (unpaired) electrons. The normalized spacial score (nSPS) is 52.1. The second-order valence-corrected chi connectivity index (χ2v) is 15.1. The number of allylic oxidation sites excluding steroid dienone is 1. The number of cyclic esters (lactones) is 1. The van der Waals surface area contributed by atoms with E-state index in [1.54, 1.807) is 12.5 Å². The van der Waals surface area contributed by atoms with Crippen LogP contribution in [0.5, 0.6) is 0 Å². The lowest BCUT2D eigenvalue weighted by atomic mass is 9.35. The summed E-state index contributed by atoms with van der Waals surface area (Å²) in [6.07, 6.45) is 1.89. The second-order valence-electron chi connectivity index (χ2n) is 15.1. The standard InChI is InChI=1S/C33H44O11/c1-16(34)41-22-13-20-29(2,3)21(42-28-24(37)23(36)18(35)15-40-28)8-10-30(20,4)19-7-11-31(5)25(17-9-12-39-14-17)43-27(38)26-33(31,44-26)32(19,22)6/h8-10,12,14,18-26,28,35-37H,7,11,13,15H2,1-6H3/t18-,19?,20?,21?,22+,23-,24+,25-,26+,28+,30+,31-,32-,33+/m0/s1. The number of fused-ring (bicyclic) bond motifs is 3. The highest BCUT2D eigenvalue weighted by Gasteiger charge is 2.88. The minimum Gasteiger partial charge on any atom is -0.472 e. The lowest BCUT2D eigenvalue weighted by Crippen LogP contribution is -2.73. The van der Waals surface area contributed by atoms with E-state index in [0.29, 0.717) is 6.42 Å². The van der Waals surface area contributed by atoms with Crippen LogP contribution in [-0.2, 0) is 33.3 Å². The van der Waals surface area contributed by atoms with Crippen molar-refractivity contribution < 1.29 is 53.0 Å². The number of carbonyl (C=O) groups is 2. The molecule has 0 bridgehead atoms. The molecule has 3 saturated heterocycles. The van der Waals surface area contributed by atoms with Crippen LogP contribution < -0.4 is 0 Å². The topological polar surface area (TPSA) is 157 Å². The first-order valence-electron chi connectivity index (χ1n) is 15.7. The molecule has 1 aromatic heterocycles. The van der Waals surface area contributed by atoms with E-state index in [-0.39, 0.29) is 18.4 Å². The van der Waals surface area contributed by atoms with E-state index < -0.39 is 88.2 Å². The molecule has 3 aliphatic carbocycles. The van der Waals surface area contributed by atoms with Gasteiger partial charge in [-0.1, -0.05) is 46.8 Å². The Hall–Kier alpha value is -2.28. The monoisotopic (exact) mass is 616 g/mol. The van der Waals surface area contributed by atoms with E-state index in [0.717, 1.165) is 18.4 Å². The molecule has 2 saturated carbocycles. The van der Waals surface area contributed by atoms with Crippen molar-refractivity contribution in [1.82, 2.24) is 0 Å². The van der Waals surface area contributed by atoms with Gasteiger partial charge in [0, 0.05) is 23.3 Å². The van der Waals surface area contributed by atoms with Gasteiger partial charge in [-0.2, -0.15) is 0 Å². The zero-order valence-electron chi connectivity index (χ0n) is 26.1. The van der Waals surface area contributed by atoms with Crippen molar-refractivity contribution in [2.75, 3.05) is 6.61 Å². The van der Waals surface area contributed by atoms with Gasteiger partial charge in [0.15, 0.2) is 12.4 Å². The third kappa shape index (κ3) is 3.71. The summed E-state index contributed by atoms with van der Waals surface area (Å²) in [5.74, 6) is -0.873. The Balaban J connectivity index is 1.29. The molecule has 5 fully saturated rings. The van der Waals surface area contributed by atoms with Crippen LogP contribution in [-0.4, -0.2) is 82.4 Å². The van der Waals surface area contributed by atoms with Crippen LogP contribution in [0.1, 0.15) is 72.5 Å². The van der Waals surface area contributed by atoms with Crippen LogP contribution in [0.2, 0.25) is 0 Å².